The molecule has 0 saturated carbocycles. The van der Waals surface area contributed by atoms with Gasteiger partial charge in [-0.25, -0.2) is 4.39 Å². The average molecular weight is 413 g/mol. The van der Waals surface area contributed by atoms with Crippen LogP contribution in [0.4, 0.5) is 10.1 Å². The molecule has 1 fully saturated rings. The number of nitrogens with zero attached hydrogens (tertiary/aromatic N) is 3. The summed E-state index contributed by atoms with van der Waals surface area (Å²) in [5, 5.41) is 4.05. The van der Waals surface area contributed by atoms with Crippen LogP contribution in [0.3, 0.4) is 0 Å². The number of halogens is 1. The fourth-order valence-electron chi connectivity index (χ4n) is 3.47. The van der Waals surface area contributed by atoms with E-state index in [9.17, 15) is 9.18 Å². The van der Waals surface area contributed by atoms with Crippen molar-refractivity contribution in [2.75, 3.05) is 32.8 Å². The van der Waals surface area contributed by atoms with Crippen LogP contribution in [0.15, 0.2) is 40.9 Å². The molecule has 156 valence electrons. The van der Waals surface area contributed by atoms with Gasteiger partial charge in [0.2, 0.25) is 23.4 Å². The lowest BCUT2D eigenvalue weighted by atomic mass is 10.1. The molecule has 1 atom stereocenters. The van der Waals surface area contributed by atoms with E-state index in [1.807, 2.05) is 0 Å². The molecule has 2 heterocycles. The molecule has 0 radical (unpaired) electrons. The minimum absolute atomic E-state index is 0.0841. The third-order valence-corrected chi connectivity index (χ3v) is 4.98. The number of hydrogen-bond acceptors (Lipinski definition) is 7. The summed E-state index contributed by atoms with van der Waals surface area (Å²) in [4.78, 5) is 18.5. The number of rotatable bonds is 6. The first-order valence-corrected chi connectivity index (χ1v) is 9.24. The van der Waals surface area contributed by atoms with Crippen molar-refractivity contribution >= 4 is 11.6 Å². The zero-order valence-corrected chi connectivity index (χ0v) is 16.7. The van der Waals surface area contributed by atoms with E-state index < -0.39 is 0 Å². The number of anilines is 1. The smallest absolute Gasteiger partial charge is 0.232 e. The largest absolute Gasteiger partial charge is 0.493 e. The van der Waals surface area contributed by atoms with E-state index in [1.54, 1.807) is 29.2 Å². The number of benzene rings is 2. The Labute approximate surface area is 172 Å². The van der Waals surface area contributed by atoms with E-state index in [0.717, 1.165) is 0 Å². The van der Waals surface area contributed by atoms with Crippen LogP contribution in [0, 0.1) is 5.82 Å². The third-order valence-electron chi connectivity index (χ3n) is 4.98. The Kier molecular flexibility index (Phi) is 5.26. The van der Waals surface area contributed by atoms with Crippen LogP contribution in [0.5, 0.6) is 17.2 Å². The van der Waals surface area contributed by atoms with E-state index in [4.69, 9.17) is 18.7 Å². The van der Waals surface area contributed by atoms with Crippen LogP contribution in [-0.2, 0) is 4.79 Å². The second kappa shape index (κ2) is 8.02. The molecule has 0 unspecified atom stereocenters. The van der Waals surface area contributed by atoms with Gasteiger partial charge in [0.15, 0.2) is 11.5 Å². The summed E-state index contributed by atoms with van der Waals surface area (Å²) < 4.78 is 34.7. The molecule has 1 aliphatic heterocycles. The normalized spacial score (nSPS) is 16.1. The molecule has 30 heavy (non-hydrogen) atoms. The standard InChI is InChI=1S/C21H20FN3O5/c1-27-16-8-12(9-17(28-2)19(16)29-3)20-23-21(30-24-20)13-10-18(26)25(11-13)15-6-4-14(22)5-7-15/h4-9,13H,10-11H2,1-3H3/t13-/m1/s1. The minimum Gasteiger partial charge on any atom is -0.493 e. The maximum atomic E-state index is 13.2. The summed E-state index contributed by atoms with van der Waals surface area (Å²) in [5.74, 6) is 1.41. The van der Waals surface area contributed by atoms with E-state index >= 15 is 0 Å². The lowest BCUT2D eigenvalue weighted by Crippen LogP contribution is -2.24. The Balaban J connectivity index is 1.59. The number of carbonyl (C=O) groups is 1. The number of hydrogen-bond donors (Lipinski definition) is 0. The molecule has 8 nitrogen and oxygen atoms in total. The molecular weight excluding hydrogens is 393 g/mol. The highest BCUT2D eigenvalue weighted by atomic mass is 19.1. The highest BCUT2D eigenvalue weighted by Gasteiger charge is 2.35. The Hall–Kier alpha value is -3.62. The van der Waals surface area contributed by atoms with Crippen molar-refractivity contribution in [3.63, 3.8) is 0 Å². The van der Waals surface area contributed by atoms with Gasteiger partial charge in [-0.1, -0.05) is 5.16 Å². The Morgan fingerprint density at radius 3 is 2.33 bits per heavy atom. The molecule has 1 amide bonds. The van der Waals surface area contributed by atoms with Crippen molar-refractivity contribution in [1.82, 2.24) is 10.1 Å². The number of methoxy groups -OCH3 is 3. The van der Waals surface area contributed by atoms with Crippen molar-refractivity contribution in [2.45, 2.75) is 12.3 Å². The van der Waals surface area contributed by atoms with E-state index in [1.165, 1.54) is 33.5 Å². The van der Waals surface area contributed by atoms with Crippen molar-refractivity contribution in [1.29, 1.82) is 0 Å². The van der Waals surface area contributed by atoms with Gasteiger partial charge in [0, 0.05) is 24.2 Å². The van der Waals surface area contributed by atoms with Crippen LogP contribution in [-0.4, -0.2) is 43.9 Å². The van der Waals surface area contributed by atoms with E-state index in [2.05, 4.69) is 10.1 Å². The molecule has 0 aliphatic carbocycles. The summed E-state index contributed by atoms with van der Waals surface area (Å²) in [6, 6.07) is 9.24. The molecule has 0 bridgehead atoms. The Morgan fingerprint density at radius 2 is 1.73 bits per heavy atom. The lowest BCUT2D eigenvalue weighted by molar-refractivity contribution is -0.117. The maximum absolute atomic E-state index is 13.2. The van der Waals surface area contributed by atoms with Gasteiger partial charge in [-0.2, -0.15) is 4.98 Å². The van der Waals surface area contributed by atoms with Gasteiger partial charge in [-0.3, -0.25) is 4.79 Å². The molecule has 1 saturated heterocycles. The van der Waals surface area contributed by atoms with Crippen molar-refractivity contribution in [3.8, 4) is 28.6 Å². The first-order chi connectivity index (χ1) is 14.5. The molecule has 0 spiro atoms. The first kappa shape index (κ1) is 19.7. The number of aromatic nitrogens is 2. The lowest BCUT2D eigenvalue weighted by Gasteiger charge is -2.15. The van der Waals surface area contributed by atoms with Gasteiger partial charge >= 0.3 is 0 Å². The summed E-state index contributed by atoms with van der Waals surface area (Å²) in [6.45, 7) is 0.376. The van der Waals surface area contributed by atoms with Crippen LogP contribution < -0.4 is 19.1 Å². The van der Waals surface area contributed by atoms with Crippen molar-refractivity contribution in [3.05, 3.63) is 48.1 Å². The third kappa shape index (κ3) is 3.54. The van der Waals surface area contributed by atoms with Crippen LogP contribution in [0.25, 0.3) is 11.4 Å². The molecular formula is C21H20FN3O5. The predicted octanol–water partition coefficient (Wildman–Crippen LogP) is 3.42. The SMILES string of the molecule is COc1cc(-c2noc([C@@H]3CC(=O)N(c4ccc(F)cc4)C3)n2)cc(OC)c1OC. The van der Waals surface area contributed by atoms with Gasteiger partial charge in [0.05, 0.1) is 27.2 Å². The molecule has 0 N–H and O–H groups in total. The quantitative estimate of drug-likeness (QED) is 0.612. The van der Waals surface area contributed by atoms with Crippen LogP contribution in [0.2, 0.25) is 0 Å². The summed E-state index contributed by atoms with van der Waals surface area (Å²) in [7, 11) is 4.57. The van der Waals surface area contributed by atoms with Gasteiger partial charge in [0.1, 0.15) is 5.82 Å². The number of amides is 1. The molecule has 9 heteroatoms. The second-order valence-corrected chi connectivity index (χ2v) is 6.75. The topological polar surface area (TPSA) is 86.9 Å². The van der Waals surface area contributed by atoms with Crippen LogP contribution >= 0.6 is 0 Å². The van der Waals surface area contributed by atoms with Crippen molar-refractivity contribution < 1.29 is 27.9 Å². The summed E-state index contributed by atoms with van der Waals surface area (Å²) in [6.07, 6.45) is 0.230. The highest BCUT2D eigenvalue weighted by Crippen LogP contribution is 2.41. The second-order valence-electron chi connectivity index (χ2n) is 6.75. The van der Waals surface area contributed by atoms with Gasteiger partial charge < -0.3 is 23.6 Å². The van der Waals surface area contributed by atoms with Gasteiger partial charge in [-0.15, -0.1) is 0 Å². The summed E-state index contributed by atoms with van der Waals surface area (Å²) >= 11 is 0. The maximum Gasteiger partial charge on any atom is 0.232 e. The minimum atomic E-state index is -0.353. The summed E-state index contributed by atoms with van der Waals surface area (Å²) in [5.41, 5.74) is 1.26. The van der Waals surface area contributed by atoms with E-state index in [-0.39, 0.29) is 24.1 Å². The first-order valence-electron chi connectivity index (χ1n) is 9.24. The molecule has 1 aliphatic rings. The van der Waals surface area contributed by atoms with Gasteiger partial charge in [-0.05, 0) is 36.4 Å². The van der Waals surface area contributed by atoms with Crippen LogP contribution in [0.1, 0.15) is 18.2 Å². The molecule has 1 aromatic heterocycles. The average Bonchev–Trinajstić information content (AvgIpc) is 3.40. The van der Waals surface area contributed by atoms with E-state index in [0.29, 0.717) is 46.8 Å². The van der Waals surface area contributed by atoms with Gasteiger partial charge in [0.25, 0.3) is 0 Å². The fourth-order valence-corrected chi connectivity index (χ4v) is 3.47. The Bertz CT molecular complexity index is 1040. The predicted molar refractivity (Wildman–Crippen MR) is 106 cm³/mol. The fraction of sp³-hybridized carbons (Fsp3) is 0.286. The highest BCUT2D eigenvalue weighted by molar-refractivity contribution is 5.96. The zero-order chi connectivity index (χ0) is 21.3. The molecule has 4 rings (SSSR count). The zero-order valence-electron chi connectivity index (χ0n) is 16.7. The van der Waals surface area contributed by atoms with Crippen molar-refractivity contribution in [2.24, 2.45) is 0 Å². The number of ether oxygens (including phenoxy) is 3. The molecule has 2 aromatic carbocycles. The molecule has 3 aromatic rings. The monoisotopic (exact) mass is 413 g/mol. The Morgan fingerprint density at radius 1 is 1.07 bits per heavy atom. The number of carbonyl (C=O) groups excluding carboxylic acids is 1.